The minimum absolute atomic E-state index is 0.732. The van der Waals surface area contributed by atoms with Crippen molar-refractivity contribution in [3.8, 4) is 0 Å². The molecule has 0 aromatic carbocycles. The van der Waals surface area contributed by atoms with Crippen LogP contribution in [-0.2, 0) is 13.0 Å². The fourth-order valence-corrected chi connectivity index (χ4v) is 1.79. The van der Waals surface area contributed by atoms with Gasteiger partial charge in [0.2, 0.25) is 0 Å². The predicted molar refractivity (Wildman–Crippen MR) is 59.9 cm³/mol. The lowest BCUT2D eigenvalue weighted by Crippen LogP contribution is -2.03. The molecule has 0 N–H and O–H groups in total. The van der Waals surface area contributed by atoms with Crippen LogP contribution in [-0.4, -0.2) is 14.7 Å². The molecule has 0 aliphatic carbocycles. The third-order valence-electron chi connectivity index (χ3n) is 1.98. The molecule has 14 heavy (non-hydrogen) atoms. The molecule has 0 aliphatic rings. The Morgan fingerprint density at radius 1 is 1.57 bits per heavy atom. The van der Waals surface area contributed by atoms with E-state index in [1.165, 1.54) is 0 Å². The molecule has 0 fully saturated rings. The summed E-state index contributed by atoms with van der Waals surface area (Å²) in [4.78, 5) is 4.24. The van der Waals surface area contributed by atoms with Gasteiger partial charge < -0.3 is 9.09 Å². The summed E-state index contributed by atoms with van der Waals surface area (Å²) in [6.45, 7) is 2.82. The van der Waals surface area contributed by atoms with Crippen molar-refractivity contribution in [1.29, 1.82) is 0 Å². The van der Waals surface area contributed by atoms with Crippen LogP contribution in [0.25, 0.3) is 0 Å². The van der Waals surface area contributed by atoms with E-state index in [1.807, 2.05) is 18.5 Å². The highest BCUT2D eigenvalue weighted by Gasteiger charge is 2.04. The second-order valence-corrected chi connectivity index (χ2v) is 4.01. The molecule has 2 aromatic rings. The zero-order chi connectivity index (χ0) is 9.97. The molecule has 74 valence electrons. The first kappa shape index (κ1) is 9.70. The number of halogens is 1. The summed E-state index contributed by atoms with van der Waals surface area (Å²) < 4.78 is 7.88. The Morgan fingerprint density at radius 2 is 2.43 bits per heavy atom. The van der Waals surface area contributed by atoms with Gasteiger partial charge in [-0.25, -0.2) is 4.98 Å². The summed E-state index contributed by atoms with van der Waals surface area (Å²) in [7, 11) is 0. The third kappa shape index (κ3) is 1.97. The monoisotopic (exact) mass is 303 g/mol. The Bertz CT molecular complexity index is 421. The SMILES string of the molecule is CCc1nccn1Cc1cc(I)on1. The van der Waals surface area contributed by atoms with Crippen LogP contribution in [0.15, 0.2) is 23.0 Å². The highest BCUT2D eigenvalue weighted by molar-refractivity contribution is 14.1. The Morgan fingerprint density at radius 3 is 3.07 bits per heavy atom. The second-order valence-electron chi connectivity index (χ2n) is 2.95. The maximum absolute atomic E-state index is 4.99. The van der Waals surface area contributed by atoms with E-state index < -0.39 is 0 Å². The predicted octanol–water partition coefficient (Wildman–Crippen LogP) is 2.09. The maximum Gasteiger partial charge on any atom is 0.196 e. The number of nitrogens with zero attached hydrogens (tertiary/aromatic N) is 3. The number of aryl methyl sites for hydroxylation is 1. The van der Waals surface area contributed by atoms with Crippen molar-refractivity contribution >= 4 is 22.6 Å². The van der Waals surface area contributed by atoms with E-state index in [0.717, 1.165) is 28.3 Å². The first-order valence-electron chi connectivity index (χ1n) is 4.40. The molecular formula is C9H10IN3O. The highest BCUT2D eigenvalue weighted by Crippen LogP contribution is 2.09. The maximum atomic E-state index is 4.99. The van der Waals surface area contributed by atoms with Crippen LogP contribution in [0.4, 0.5) is 0 Å². The van der Waals surface area contributed by atoms with E-state index in [9.17, 15) is 0 Å². The quantitative estimate of drug-likeness (QED) is 0.816. The van der Waals surface area contributed by atoms with E-state index in [-0.39, 0.29) is 0 Å². The minimum Gasteiger partial charge on any atom is -0.350 e. The first-order valence-corrected chi connectivity index (χ1v) is 5.48. The Kier molecular flexibility index (Phi) is 2.85. The molecule has 5 heteroatoms. The van der Waals surface area contributed by atoms with Crippen LogP contribution in [0.5, 0.6) is 0 Å². The Labute approximate surface area is 95.4 Å². The highest BCUT2D eigenvalue weighted by atomic mass is 127. The van der Waals surface area contributed by atoms with Crippen molar-refractivity contribution in [1.82, 2.24) is 14.7 Å². The largest absolute Gasteiger partial charge is 0.350 e. The molecule has 0 bridgehead atoms. The third-order valence-corrected chi connectivity index (χ3v) is 2.49. The van der Waals surface area contributed by atoms with Crippen LogP contribution in [0, 0.1) is 3.77 Å². The van der Waals surface area contributed by atoms with Crippen molar-refractivity contribution in [2.45, 2.75) is 19.9 Å². The molecule has 2 rings (SSSR count). The summed E-state index contributed by atoms with van der Waals surface area (Å²) in [5.41, 5.74) is 0.933. The average molecular weight is 303 g/mol. The van der Waals surface area contributed by atoms with E-state index >= 15 is 0 Å². The van der Waals surface area contributed by atoms with E-state index in [0.29, 0.717) is 0 Å². The standard InChI is InChI=1S/C9H10IN3O/c1-2-9-11-3-4-13(9)6-7-5-8(10)14-12-7/h3-5H,2,6H2,1H3. The fraction of sp³-hybridized carbons (Fsp3) is 0.333. The van der Waals surface area contributed by atoms with Crippen molar-refractivity contribution < 1.29 is 4.52 Å². The van der Waals surface area contributed by atoms with E-state index in [1.54, 1.807) is 0 Å². The van der Waals surface area contributed by atoms with Crippen LogP contribution in [0.3, 0.4) is 0 Å². The number of aromatic nitrogens is 3. The molecule has 0 saturated carbocycles. The lowest BCUT2D eigenvalue weighted by atomic mass is 10.4. The summed E-state index contributed by atoms with van der Waals surface area (Å²) in [5.74, 6) is 1.07. The van der Waals surface area contributed by atoms with Gasteiger partial charge in [-0.1, -0.05) is 12.1 Å². The molecule has 0 spiro atoms. The number of imidazole rings is 1. The van der Waals surface area contributed by atoms with Gasteiger partial charge in [-0.15, -0.1) is 0 Å². The smallest absolute Gasteiger partial charge is 0.196 e. The van der Waals surface area contributed by atoms with Gasteiger partial charge in [0.25, 0.3) is 0 Å². The van der Waals surface area contributed by atoms with Gasteiger partial charge in [0.05, 0.1) is 6.54 Å². The molecule has 0 atom stereocenters. The lowest BCUT2D eigenvalue weighted by molar-refractivity contribution is 0.389. The molecule has 0 unspecified atom stereocenters. The van der Waals surface area contributed by atoms with Gasteiger partial charge in [-0.3, -0.25) is 0 Å². The molecule has 2 heterocycles. The number of rotatable bonds is 3. The van der Waals surface area contributed by atoms with Crippen LogP contribution < -0.4 is 0 Å². The van der Waals surface area contributed by atoms with E-state index in [2.05, 4.69) is 44.2 Å². The zero-order valence-electron chi connectivity index (χ0n) is 7.77. The van der Waals surface area contributed by atoms with Crippen molar-refractivity contribution in [3.05, 3.63) is 33.7 Å². The topological polar surface area (TPSA) is 43.9 Å². The molecule has 0 saturated heterocycles. The Balaban J connectivity index is 2.18. The van der Waals surface area contributed by atoms with Gasteiger partial charge in [0.1, 0.15) is 11.5 Å². The fourth-order valence-electron chi connectivity index (χ4n) is 1.33. The minimum atomic E-state index is 0.732. The Hall–Kier alpha value is -0.850. The number of hydrogen-bond donors (Lipinski definition) is 0. The average Bonchev–Trinajstić information content (AvgIpc) is 2.76. The normalized spacial score (nSPS) is 10.7. The molecule has 0 radical (unpaired) electrons. The molecule has 4 nitrogen and oxygen atoms in total. The first-order chi connectivity index (χ1) is 6.79. The second kappa shape index (κ2) is 4.12. The molecule has 0 amide bonds. The summed E-state index contributed by atoms with van der Waals surface area (Å²) in [5, 5.41) is 3.93. The van der Waals surface area contributed by atoms with E-state index in [4.69, 9.17) is 4.52 Å². The summed E-state index contributed by atoms with van der Waals surface area (Å²) in [6, 6.07) is 1.93. The summed E-state index contributed by atoms with van der Waals surface area (Å²) >= 11 is 2.11. The van der Waals surface area contributed by atoms with Gasteiger partial charge >= 0.3 is 0 Å². The van der Waals surface area contributed by atoms with Gasteiger partial charge in [-0.05, 0) is 0 Å². The number of hydrogen-bond acceptors (Lipinski definition) is 3. The van der Waals surface area contributed by atoms with Gasteiger partial charge in [0.15, 0.2) is 3.77 Å². The zero-order valence-corrected chi connectivity index (χ0v) is 9.93. The van der Waals surface area contributed by atoms with Gasteiger partial charge in [0, 0.05) is 47.5 Å². The molecule has 2 aromatic heterocycles. The van der Waals surface area contributed by atoms with Crippen molar-refractivity contribution in [3.63, 3.8) is 0 Å². The van der Waals surface area contributed by atoms with Crippen LogP contribution in [0.2, 0.25) is 0 Å². The van der Waals surface area contributed by atoms with Crippen molar-refractivity contribution in [2.75, 3.05) is 0 Å². The lowest BCUT2D eigenvalue weighted by Gasteiger charge is -2.02. The molecule has 0 aliphatic heterocycles. The van der Waals surface area contributed by atoms with Gasteiger partial charge in [-0.2, -0.15) is 0 Å². The van der Waals surface area contributed by atoms with Crippen LogP contribution in [0.1, 0.15) is 18.4 Å². The van der Waals surface area contributed by atoms with Crippen LogP contribution >= 0.6 is 22.6 Å². The van der Waals surface area contributed by atoms with Crippen molar-refractivity contribution in [2.24, 2.45) is 0 Å². The summed E-state index contributed by atoms with van der Waals surface area (Å²) in [6.07, 6.45) is 4.70. The molecular weight excluding hydrogens is 293 g/mol.